The Morgan fingerprint density at radius 1 is 1.03 bits per heavy atom. The molecule has 1 fully saturated rings. The topological polar surface area (TPSA) is 74.3 Å². The summed E-state index contributed by atoms with van der Waals surface area (Å²) < 4.78 is 28.9. The van der Waals surface area contributed by atoms with Crippen molar-refractivity contribution in [3.63, 3.8) is 0 Å². The van der Waals surface area contributed by atoms with Crippen LogP contribution < -0.4 is 25.6 Å². The number of nitrogens with one attached hydrogen (secondary N) is 3. The molecule has 1 aromatic heterocycles. The minimum absolute atomic E-state index is 0.117. The van der Waals surface area contributed by atoms with E-state index in [0.717, 1.165) is 56.0 Å². The van der Waals surface area contributed by atoms with E-state index in [1.807, 2.05) is 14.1 Å². The molecule has 1 aromatic carbocycles. The number of benzene rings is 1. The zero-order chi connectivity index (χ0) is 24.1. The van der Waals surface area contributed by atoms with Crippen molar-refractivity contribution in [2.75, 3.05) is 29.6 Å². The summed E-state index contributed by atoms with van der Waals surface area (Å²) in [6.07, 6.45) is 8.43. The Hall–Kier alpha value is -2.75. The highest BCUT2D eigenvalue weighted by Crippen LogP contribution is 2.29. The normalized spacial score (nSPS) is 19.8. The lowest BCUT2D eigenvalue weighted by molar-refractivity contribution is -0.0498. The van der Waals surface area contributed by atoms with Crippen LogP contribution in [0.1, 0.15) is 49.8 Å². The number of nitrogens with zero attached hydrogens (tertiary/aromatic N) is 3. The number of anilines is 3. The van der Waals surface area contributed by atoms with Gasteiger partial charge in [-0.3, -0.25) is 0 Å². The third-order valence-corrected chi connectivity index (χ3v) is 6.54. The number of hydrogen-bond acceptors (Lipinski definition) is 6. The van der Waals surface area contributed by atoms with E-state index in [0.29, 0.717) is 11.2 Å². The van der Waals surface area contributed by atoms with Crippen LogP contribution in [0, 0.1) is 0 Å². The molecule has 0 spiro atoms. The van der Waals surface area contributed by atoms with Crippen molar-refractivity contribution < 1.29 is 13.5 Å². The molecule has 0 unspecified atom stereocenters. The van der Waals surface area contributed by atoms with Gasteiger partial charge < -0.3 is 25.6 Å². The van der Waals surface area contributed by atoms with E-state index in [9.17, 15) is 8.78 Å². The molecule has 184 valence electrons. The van der Waals surface area contributed by atoms with Gasteiger partial charge in [-0.25, -0.2) is 4.98 Å². The first kappa shape index (κ1) is 24.4. The van der Waals surface area contributed by atoms with Crippen LogP contribution in [-0.4, -0.2) is 47.9 Å². The number of aromatic nitrogens is 2. The molecular formula is C24H32F2N6OS. The Kier molecular flexibility index (Phi) is 7.97. The maximum Gasteiger partial charge on any atom is 0.387 e. The Morgan fingerprint density at radius 3 is 2.38 bits per heavy atom. The first-order valence-corrected chi connectivity index (χ1v) is 12.2. The summed E-state index contributed by atoms with van der Waals surface area (Å²) >= 11 is 5.44. The van der Waals surface area contributed by atoms with E-state index < -0.39 is 6.61 Å². The second-order valence-electron chi connectivity index (χ2n) is 9.09. The predicted octanol–water partition coefficient (Wildman–Crippen LogP) is 4.73. The number of alkyl halides is 2. The van der Waals surface area contributed by atoms with Gasteiger partial charge in [-0.15, -0.1) is 0 Å². The van der Waals surface area contributed by atoms with Crippen molar-refractivity contribution in [2.45, 2.75) is 70.1 Å². The van der Waals surface area contributed by atoms with Gasteiger partial charge in [0.25, 0.3) is 0 Å². The maximum absolute atomic E-state index is 12.3. The summed E-state index contributed by atoms with van der Waals surface area (Å²) in [7, 11) is 4.08. The van der Waals surface area contributed by atoms with Crippen molar-refractivity contribution in [1.82, 2.24) is 15.3 Å². The highest BCUT2D eigenvalue weighted by molar-refractivity contribution is 7.80. The second-order valence-corrected chi connectivity index (χ2v) is 9.50. The lowest BCUT2D eigenvalue weighted by atomic mass is 9.91. The third kappa shape index (κ3) is 6.43. The number of fused-ring (bicyclic) bond motifs is 1. The first-order valence-electron chi connectivity index (χ1n) is 11.8. The molecule has 3 N–H and O–H groups in total. The molecule has 0 amide bonds. The van der Waals surface area contributed by atoms with Crippen molar-refractivity contribution >= 4 is 34.8 Å². The molecule has 2 aromatic rings. The summed E-state index contributed by atoms with van der Waals surface area (Å²) in [5.41, 5.74) is 3.20. The molecule has 0 aliphatic heterocycles. The first-order chi connectivity index (χ1) is 16.4. The molecule has 0 atom stereocenters. The lowest BCUT2D eigenvalue weighted by Gasteiger charge is -2.31. The van der Waals surface area contributed by atoms with Gasteiger partial charge in [-0.05, 0) is 87.8 Å². The minimum Gasteiger partial charge on any atom is -0.435 e. The summed E-state index contributed by atoms with van der Waals surface area (Å²) in [4.78, 5) is 11.8. The van der Waals surface area contributed by atoms with Crippen LogP contribution in [0.2, 0.25) is 0 Å². The van der Waals surface area contributed by atoms with Gasteiger partial charge in [0.2, 0.25) is 5.95 Å². The highest BCUT2D eigenvalue weighted by Gasteiger charge is 2.24. The van der Waals surface area contributed by atoms with E-state index in [1.165, 1.54) is 36.2 Å². The molecule has 1 heterocycles. The Bertz CT molecular complexity index is 980. The van der Waals surface area contributed by atoms with E-state index in [1.54, 1.807) is 12.1 Å². The standard InChI is InChI=1S/C24H32F2N6OS/c1-32(2)21-19-5-3-4-6-20(19)30-23(31-21)27-15-7-9-16(10-8-15)28-24(34)29-17-11-13-18(14-12-17)33-22(25)26/h11-16,22H,3-10H2,1-2H3,(H,27,30,31)(H2,28,29,34)/t15-,16+. The number of hydrogen-bond donors (Lipinski definition) is 3. The number of thiocarbonyl (C=S) groups is 1. The van der Waals surface area contributed by atoms with E-state index in [2.05, 4.69) is 25.6 Å². The van der Waals surface area contributed by atoms with Crippen LogP contribution in [-0.2, 0) is 12.8 Å². The predicted molar refractivity (Wildman–Crippen MR) is 135 cm³/mol. The molecule has 4 rings (SSSR count). The SMILES string of the molecule is CN(C)c1nc(N[C@H]2CC[C@@H](NC(=S)Nc3ccc(OC(F)F)cc3)CC2)nc2c1CCCC2. The molecule has 0 radical (unpaired) electrons. The molecule has 10 heteroatoms. The van der Waals surface area contributed by atoms with Gasteiger partial charge in [-0.2, -0.15) is 13.8 Å². The molecule has 0 bridgehead atoms. The van der Waals surface area contributed by atoms with E-state index in [4.69, 9.17) is 22.2 Å². The molecule has 2 aliphatic rings. The van der Waals surface area contributed by atoms with Crippen molar-refractivity contribution in [2.24, 2.45) is 0 Å². The summed E-state index contributed by atoms with van der Waals surface area (Å²) in [6, 6.07) is 6.90. The third-order valence-electron chi connectivity index (χ3n) is 6.32. The van der Waals surface area contributed by atoms with Crippen molar-refractivity contribution in [1.29, 1.82) is 0 Å². The molecular weight excluding hydrogens is 458 g/mol. The van der Waals surface area contributed by atoms with Gasteiger partial charge in [0, 0.05) is 37.4 Å². The summed E-state index contributed by atoms with van der Waals surface area (Å²) in [5, 5.41) is 10.6. The highest BCUT2D eigenvalue weighted by atomic mass is 32.1. The van der Waals surface area contributed by atoms with Gasteiger partial charge in [-0.1, -0.05) is 0 Å². The maximum atomic E-state index is 12.3. The number of rotatable bonds is 7. The Labute approximate surface area is 204 Å². The van der Waals surface area contributed by atoms with Crippen LogP contribution >= 0.6 is 12.2 Å². The number of halogens is 2. The van der Waals surface area contributed by atoms with Crippen molar-refractivity contribution in [3.8, 4) is 5.75 Å². The van der Waals surface area contributed by atoms with Crippen LogP contribution in [0.4, 0.5) is 26.2 Å². The zero-order valence-corrected chi connectivity index (χ0v) is 20.4. The van der Waals surface area contributed by atoms with Gasteiger partial charge in [0.1, 0.15) is 11.6 Å². The van der Waals surface area contributed by atoms with Gasteiger partial charge in [0.15, 0.2) is 5.11 Å². The van der Waals surface area contributed by atoms with Crippen LogP contribution in [0.5, 0.6) is 5.75 Å². The smallest absolute Gasteiger partial charge is 0.387 e. The second kappa shape index (κ2) is 11.1. The fraction of sp³-hybridized carbons (Fsp3) is 0.542. The quantitative estimate of drug-likeness (QED) is 0.481. The zero-order valence-electron chi connectivity index (χ0n) is 19.6. The number of ether oxygens (including phenoxy) is 1. The fourth-order valence-corrected chi connectivity index (χ4v) is 4.93. The molecule has 7 nitrogen and oxygen atoms in total. The molecule has 34 heavy (non-hydrogen) atoms. The van der Waals surface area contributed by atoms with Crippen LogP contribution in [0.25, 0.3) is 0 Å². The Morgan fingerprint density at radius 2 is 1.71 bits per heavy atom. The van der Waals surface area contributed by atoms with Crippen molar-refractivity contribution in [3.05, 3.63) is 35.5 Å². The average Bonchev–Trinajstić information content (AvgIpc) is 2.80. The fourth-order valence-electron chi connectivity index (χ4n) is 4.65. The number of aryl methyl sites for hydroxylation is 1. The van der Waals surface area contributed by atoms with Crippen LogP contribution in [0.15, 0.2) is 24.3 Å². The molecule has 0 saturated heterocycles. The Balaban J connectivity index is 1.26. The molecule has 1 saturated carbocycles. The molecule has 2 aliphatic carbocycles. The monoisotopic (exact) mass is 490 g/mol. The van der Waals surface area contributed by atoms with Gasteiger partial charge >= 0.3 is 6.61 Å². The van der Waals surface area contributed by atoms with Gasteiger partial charge in [0.05, 0.1) is 5.69 Å². The minimum atomic E-state index is -2.83. The van der Waals surface area contributed by atoms with E-state index >= 15 is 0 Å². The summed E-state index contributed by atoms with van der Waals surface area (Å²) in [5.74, 6) is 1.89. The average molecular weight is 491 g/mol. The van der Waals surface area contributed by atoms with Crippen LogP contribution in [0.3, 0.4) is 0 Å². The lowest BCUT2D eigenvalue weighted by Crippen LogP contribution is -2.42. The summed E-state index contributed by atoms with van der Waals surface area (Å²) in [6.45, 7) is -2.83. The largest absolute Gasteiger partial charge is 0.435 e. The van der Waals surface area contributed by atoms with E-state index in [-0.39, 0.29) is 11.8 Å².